The van der Waals surface area contributed by atoms with E-state index < -0.39 is 19.0 Å². The monoisotopic (exact) mass is 233 g/mol. The van der Waals surface area contributed by atoms with E-state index in [0.29, 0.717) is 0 Å². The summed E-state index contributed by atoms with van der Waals surface area (Å²) in [6.45, 7) is -0.614. The summed E-state index contributed by atoms with van der Waals surface area (Å²) in [5.41, 5.74) is 5.16. The largest absolute Gasteiger partial charge is 0.480 e. The van der Waals surface area contributed by atoms with Gasteiger partial charge >= 0.3 is 12.9 Å². The smallest absolute Gasteiger partial charge is 0.419 e. The highest BCUT2D eigenvalue weighted by atomic mass is 35.7. The maximum absolute atomic E-state index is 10.0. The van der Waals surface area contributed by atoms with E-state index in [2.05, 4.69) is 11.2 Å². The summed E-state index contributed by atoms with van der Waals surface area (Å²) in [6, 6.07) is -0.713. The number of hydrogen-bond acceptors (Lipinski definition) is 3. The van der Waals surface area contributed by atoms with E-state index in [1.807, 2.05) is 0 Å². The molecule has 0 aliphatic carbocycles. The fraction of sp³-hybridized carbons (Fsp3) is 0.800. The van der Waals surface area contributed by atoms with Gasteiger partial charge in [0.2, 0.25) is 0 Å². The van der Waals surface area contributed by atoms with E-state index in [1.54, 1.807) is 13.8 Å². The van der Waals surface area contributed by atoms with Crippen LogP contribution in [0.2, 0.25) is 0 Å². The molecule has 0 saturated carbocycles. The van der Waals surface area contributed by atoms with E-state index in [9.17, 15) is 4.79 Å². The summed E-state index contributed by atoms with van der Waals surface area (Å²) in [6.07, 6.45) is 0. The molecule has 0 aromatic rings. The lowest BCUT2D eigenvalue weighted by molar-refractivity contribution is -0.139. The Balaban J connectivity index is 0. The number of carboxylic acid groups (broad SMARTS) is 1. The zero-order valence-corrected chi connectivity index (χ0v) is 8.87. The summed E-state index contributed by atoms with van der Waals surface area (Å²) >= 11 is 4.20. The summed E-state index contributed by atoms with van der Waals surface area (Å²) in [7, 11) is 0. The standard InChI is InChI=1S/C5H11NO2.ClH2O3P/c1-3(2)4(6)5(7)8;1-5(2,3)4/h3-4H,6H2,1-2H3,(H,7,8);(H2,2,3,4)/t4-;/m0./s1. The first-order valence-corrected chi connectivity index (χ1v) is 5.81. The highest BCUT2D eigenvalue weighted by molar-refractivity contribution is 7.79. The molecule has 0 bridgehead atoms. The van der Waals surface area contributed by atoms with E-state index in [4.69, 9.17) is 25.2 Å². The third-order valence-corrected chi connectivity index (χ3v) is 1.00. The number of rotatable bonds is 2. The molecular weight excluding hydrogens is 220 g/mol. The predicted molar refractivity (Wildman–Crippen MR) is 48.3 cm³/mol. The molecule has 0 heterocycles. The van der Waals surface area contributed by atoms with Crippen LogP contribution in [0.5, 0.6) is 0 Å². The summed E-state index contributed by atoms with van der Waals surface area (Å²) in [4.78, 5) is 24.8. The number of nitrogens with two attached hydrogens (primary N) is 1. The minimum Gasteiger partial charge on any atom is -0.480 e. The van der Waals surface area contributed by atoms with Crippen molar-refractivity contribution in [2.24, 2.45) is 11.7 Å². The van der Waals surface area contributed by atoms with Crippen LogP contribution >= 0.6 is 18.2 Å². The molecule has 0 aromatic heterocycles. The third kappa shape index (κ3) is 18.7. The first kappa shape index (κ1) is 15.3. The average Bonchev–Trinajstić information content (AvgIpc) is 1.81. The Kier molecular flexibility index (Phi) is 7.49. The molecule has 0 saturated heterocycles. The molecule has 80 valence electrons. The van der Waals surface area contributed by atoms with Gasteiger partial charge in [0.25, 0.3) is 0 Å². The van der Waals surface area contributed by atoms with Gasteiger partial charge in [0.15, 0.2) is 0 Å². The van der Waals surface area contributed by atoms with Crippen LogP contribution in [0.25, 0.3) is 0 Å². The van der Waals surface area contributed by atoms with Gasteiger partial charge in [-0.15, -0.1) is 0 Å². The zero-order valence-electron chi connectivity index (χ0n) is 7.22. The Morgan fingerprint density at radius 2 is 1.69 bits per heavy atom. The topological polar surface area (TPSA) is 121 Å². The molecule has 0 aliphatic heterocycles. The van der Waals surface area contributed by atoms with Crippen LogP contribution < -0.4 is 5.73 Å². The van der Waals surface area contributed by atoms with Crippen LogP contribution in [0.15, 0.2) is 0 Å². The number of carboxylic acids is 1. The summed E-state index contributed by atoms with van der Waals surface area (Å²) in [5.74, 6) is -0.910. The molecule has 0 aliphatic rings. The number of hydrogen-bond donors (Lipinski definition) is 4. The highest BCUT2D eigenvalue weighted by Gasteiger charge is 2.14. The van der Waals surface area contributed by atoms with Crippen molar-refractivity contribution >= 4 is 24.2 Å². The lowest BCUT2D eigenvalue weighted by Gasteiger charge is -2.07. The Bertz CT molecular complexity index is 195. The van der Waals surface area contributed by atoms with Gasteiger partial charge < -0.3 is 20.6 Å². The van der Waals surface area contributed by atoms with E-state index >= 15 is 0 Å². The van der Waals surface area contributed by atoms with Crippen molar-refractivity contribution in [2.45, 2.75) is 19.9 Å². The van der Waals surface area contributed by atoms with Gasteiger partial charge in [-0.25, -0.2) is 4.57 Å². The zero-order chi connectivity index (χ0) is 11.2. The molecule has 8 heteroatoms. The molecular formula is C5H13ClNO5P. The van der Waals surface area contributed by atoms with Crippen molar-refractivity contribution < 1.29 is 24.3 Å². The first-order chi connectivity index (χ1) is 5.55. The normalized spacial score (nSPS) is 13.2. The van der Waals surface area contributed by atoms with Crippen LogP contribution in [0.1, 0.15) is 13.8 Å². The van der Waals surface area contributed by atoms with Crippen LogP contribution in [0.4, 0.5) is 0 Å². The van der Waals surface area contributed by atoms with Crippen molar-refractivity contribution in [3.05, 3.63) is 0 Å². The Labute approximate surface area is 80.6 Å². The molecule has 0 aromatic carbocycles. The summed E-state index contributed by atoms with van der Waals surface area (Å²) < 4.78 is 9.09. The fourth-order valence-corrected chi connectivity index (χ4v) is 0.285. The quantitative estimate of drug-likeness (QED) is 0.512. The van der Waals surface area contributed by atoms with Gasteiger partial charge in [0, 0.05) is 11.2 Å². The van der Waals surface area contributed by atoms with Gasteiger partial charge in [-0.3, -0.25) is 4.79 Å². The van der Waals surface area contributed by atoms with Crippen LogP contribution in [-0.2, 0) is 9.36 Å². The molecule has 0 rings (SSSR count). The maximum atomic E-state index is 10.0. The van der Waals surface area contributed by atoms with Crippen LogP contribution in [0.3, 0.4) is 0 Å². The second-order valence-electron chi connectivity index (χ2n) is 2.58. The summed E-state index contributed by atoms with van der Waals surface area (Å²) in [5, 5.41) is 8.23. The molecule has 13 heavy (non-hydrogen) atoms. The number of halogens is 1. The molecule has 5 N–H and O–H groups in total. The van der Waals surface area contributed by atoms with Gasteiger partial charge in [-0.1, -0.05) is 13.8 Å². The predicted octanol–water partition coefficient (Wildman–Crippen LogP) is 0.372. The molecule has 6 nitrogen and oxygen atoms in total. The lowest BCUT2D eigenvalue weighted by Crippen LogP contribution is -2.34. The van der Waals surface area contributed by atoms with Crippen molar-refractivity contribution in [1.82, 2.24) is 0 Å². The minimum atomic E-state index is -4.17. The molecule has 0 radical (unpaired) electrons. The van der Waals surface area contributed by atoms with Crippen LogP contribution in [0, 0.1) is 5.92 Å². The van der Waals surface area contributed by atoms with Crippen molar-refractivity contribution in [2.75, 3.05) is 0 Å². The van der Waals surface area contributed by atoms with E-state index in [-0.39, 0.29) is 5.92 Å². The number of carbonyl (C=O) groups is 1. The maximum Gasteiger partial charge on any atom is 0.419 e. The Morgan fingerprint density at radius 3 is 1.69 bits per heavy atom. The second-order valence-corrected chi connectivity index (χ2v) is 4.85. The van der Waals surface area contributed by atoms with Gasteiger partial charge in [0.05, 0.1) is 0 Å². The van der Waals surface area contributed by atoms with Crippen LogP contribution in [-0.4, -0.2) is 26.9 Å². The molecule has 0 unspecified atom stereocenters. The van der Waals surface area contributed by atoms with Crippen molar-refractivity contribution in [1.29, 1.82) is 0 Å². The Morgan fingerprint density at radius 1 is 1.46 bits per heavy atom. The van der Waals surface area contributed by atoms with Crippen molar-refractivity contribution in [3.63, 3.8) is 0 Å². The van der Waals surface area contributed by atoms with E-state index in [0.717, 1.165) is 0 Å². The van der Waals surface area contributed by atoms with Gasteiger partial charge in [0.1, 0.15) is 6.04 Å². The SMILES string of the molecule is CC(C)[C@H](N)C(=O)O.O=P(O)(O)Cl. The van der Waals surface area contributed by atoms with Gasteiger partial charge in [-0.05, 0) is 5.92 Å². The number of aliphatic carboxylic acids is 1. The highest BCUT2D eigenvalue weighted by Crippen LogP contribution is 2.39. The fourth-order valence-electron chi connectivity index (χ4n) is 0.285. The lowest BCUT2D eigenvalue weighted by atomic mass is 10.1. The average molecular weight is 234 g/mol. The molecule has 0 spiro atoms. The molecule has 1 atom stereocenters. The van der Waals surface area contributed by atoms with Gasteiger partial charge in [-0.2, -0.15) is 0 Å². The molecule has 0 fully saturated rings. The van der Waals surface area contributed by atoms with Crippen molar-refractivity contribution in [3.8, 4) is 0 Å². The Hall–Kier alpha value is -0.130. The third-order valence-electron chi connectivity index (χ3n) is 1.00. The van der Waals surface area contributed by atoms with E-state index in [1.165, 1.54) is 0 Å². The second kappa shape index (κ2) is 6.34. The first-order valence-electron chi connectivity index (χ1n) is 3.29. The molecule has 0 amide bonds. The minimum absolute atomic E-state index is 0.0208.